The van der Waals surface area contributed by atoms with Gasteiger partial charge in [-0.2, -0.15) is 0 Å². The zero-order chi connectivity index (χ0) is 14.4. The van der Waals surface area contributed by atoms with Crippen LogP contribution in [0.4, 0.5) is 0 Å². The Bertz CT molecular complexity index is 509. The summed E-state index contributed by atoms with van der Waals surface area (Å²) < 4.78 is 0. The molecule has 1 aliphatic rings. The first-order valence-corrected chi connectivity index (χ1v) is 7.76. The quantitative estimate of drug-likeness (QED) is 0.804. The van der Waals surface area contributed by atoms with Crippen molar-refractivity contribution in [3.63, 3.8) is 0 Å². The number of carbonyl (C=O) groups is 1. The fourth-order valence-corrected chi connectivity index (χ4v) is 3.50. The smallest absolute Gasteiger partial charge is 0.231 e. The van der Waals surface area contributed by atoms with Crippen LogP contribution in [0.15, 0.2) is 11.4 Å². The highest BCUT2D eigenvalue weighted by Crippen LogP contribution is 2.26. The highest BCUT2D eigenvalue weighted by atomic mass is 32.1. The Morgan fingerprint density at radius 3 is 2.90 bits per heavy atom. The summed E-state index contributed by atoms with van der Waals surface area (Å²) >= 11 is 1.64. The lowest BCUT2D eigenvalue weighted by Crippen LogP contribution is -2.39. The molecule has 4 nitrogen and oxygen atoms in total. The maximum atomic E-state index is 11.2. The van der Waals surface area contributed by atoms with Crippen molar-refractivity contribution in [2.75, 3.05) is 13.2 Å². The van der Waals surface area contributed by atoms with Gasteiger partial charge in [-0.15, -0.1) is 11.3 Å². The number of amides is 1. The summed E-state index contributed by atoms with van der Waals surface area (Å²) in [5.41, 5.74) is 6.28. The molecule has 0 aliphatic heterocycles. The van der Waals surface area contributed by atoms with E-state index in [1.165, 1.54) is 17.7 Å². The van der Waals surface area contributed by atoms with Gasteiger partial charge in [-0.1, -0.05) is 24.7 Å². The van der Waals surface area contributed by atoms with Crippen molar-refractivity contribution in [1.29, 1.82) is 0 Å². The Kier molecular flexibility index (Phi) is 5.60. The van der Waals surface area contributed by atoms with Gasteiger partial charge in [-0.05, 0) is 18.9 Å². The molecule has 2 rings (SSSR count). The lowest BCUT2D eigenvalue weighted by Gasteiger charge is -2.26. The number of hydrogen-bond acceptors (Lipinski definition) is 4. The maximum Gasteiger partial charge on any atom is 0.231 e. The molecular weight excluding hydrogens is 272 g/mol. The van der Waals surface area contributed by atoms with E-state index in [0.29, 0.717) is 12.6 Å². The van der Waals surface area contributed by atoms with Crippen LogP contribution in [0, 0.1) is 11.8 Å². The first-order chi connectivity index (χ1) is 9.69. The topological polar surface area (TPSA) is 66.6 Å². The average molecular weight is 292 g/mol. The van der Waals surface area contributed by atoms with Crippen molar-refractivity contribution in [3.8, 4) is 11.8 Å². The lowest BCUT2D eigenvalue weighted by molar-refractivity contribution is -0.119. The number of rotatable bonds is 5. The van der Waals surface area contributed by atoms with Gasteiger partial charge in [-0.3, -0.25) is 9.69 Å². The van der Waals surface area contributed by atoms with Crippen LogP contribution in [0.25, 0.3) is 0 Å². The minimum Gasteiger partial charge on any atom is -0.384 e. The van der Waals surface area contributed by atoms with Crippen molar-refractivity contribution in [2.24, 2.45) is 5.73 Å². The molecule has 1 saturated carbocycles. The molecule has 1 heterocycles. The molecule has 0 radical (unpaired) electrons. The van der Waals surface area contributed by atoms with E-state index in [0.717, 1.165) is 24.9 Å². The molecule has 0 atom stereocenters. The number of carbonyl (C=O) groups excluding carboxylic acids is 1. The number of aliphatic hydroxyl groups excluding tert-OH is 1. The van der Waals surface area contributed by atoms with Gasteiger partial charge in [0, 0.05) is 28.4 Å². The Hall–Kier alpha value is -1.35. The molecule has 0 aromatic carbocycles. The predicted molar refractivity (Wildman–Crippen MR) is 80.1 cm³/mol. The summed E-state index contributed by atoms with van der Waals surface area (Å²) in [4.78, 5) is 14.6. The number of primary amides is 1. The summed E-state index contributed by atoms with van der Waals surface area (Å²) in [6.07, 6.45) is 4.76. The normalized spacial score (nSPS) is 15.3. The fraction of sp³-hybridized carbons (Fsp3) is 0.533. The summed E-state index contributed by atoms with van der Waals surface area (Å²) in [5, 5.41) is 10.7. The monoisotopic (exact) mass is 292 g/mol. The second-order valence-electron chi connectivity index (χ2n) is 5.07. The molecule has 20 heavy (non-hydrogen) atoms. The SMILES string of the molecule is NC(=O)CN(Cc1cc(C#CCO)cs1)C1CCCC1. The van der Waals surface area contributed by atoms with Crippen molar-refractivity contribution in [2.45, 2.75) is 38.3 Å². The van der Waals surface area contributed by atoms with Crippen molar-refractivity contribution < 1.29 is 9.90 Å². The Balaban J connectivity index is 2.02. The third-order valence-corrected chi connectivity index (χ3v) is 4.45. The third kappa shape index (κ3) is 4.34. The van der Waals surface area contributed by atoms with Crippen molar-refractivity contribution in [3.05, 3.63) is 21.9 Å². The van der Waals surface area contributed by atoms with Gasteiger partial charge < -0.3 is 10.8 Å². The molecule has 0 spiro atoms. The van der Waals surface area contributed by atoms with E-state index in [1.807, 2.05) is 11.4 Å². The molecule has 1 aliphatic carbocycles. The van der Waals surface area contributed by atoms with Gasteiger partial charge >= 0.3 is 0 Å². The zero-order valence-corrected chi connectivity index (χ0v) is 12.3. The molecular formula is C15H20N2O2S. The zero-order valence-electron chi connectivity index (χ0n) is 11.5. The number of hydrogen-bond donors (Lipinski definition) is 2. The van der Waals surface area contributed by atoms with Gasteiger partial charge in [0.2, 0.25) is 5.91 Å². The largest absolute Gasteiger partial charge is 0.384 e. The van der Waals surface area contributed by atoms with Crippen LogP contribution in [-0.2, 0) is 11.3 Å². The summed E-state index contributed by atoms with van der Waals surface area (Å²) in [5.74, 6) is 5.27. The highest BCUT2D eigenvalue weighted by molar-refractivity contribution is 7.10. The Labute approximate surface area is 123 Å². The van der Waals surface area contributed by atoms with Crippen LogP contribution in [0.2, 0.25) is 0 Å². The van der Waals surface area contributed by atoms with Gasteiger partial charge in [0.1, 0.15) is 6.61 Å². The van der Waals surface area contributed by atoms with Gasteiger partial charge in [0.05, 0.1) is 6.54 Å². The van der Waals surface area contributed by atoms with E-state index < -0.39 is 0 Å². The molecule has 1 amide bonds. The maximum absolute atomic E-state index is 11.2. The lowest BCUT2D eigenvalue weighted by atomic mass is 10.2. The molecule has 1 aromatic rings. The summed E-state index contributed by atoms with van der Waals surface area (Å²) in [6, 6.07) is 2.49. The molecule has 5 heteroatoms. The standard InChI is InChI=1S/C15H20N2O2S/c16-15(19)10-17(13-5-1-2-6-13)9-14-8-12(11-20-14)4-3-7-18/h8,11,13,18H,1-2,5-7,9-10H2,(H2,16,19). The first-order valence-electron chi connectivity index (χ1n) is 6.88. The molecule has 1 fully saturated rings. The Morgan fingerprint density at radius 1 is 1.50 bits per heavy atom. The molecule has 3 N–H and O–H groups in total. The summed E-state index contributed by atoms with van der Waals surface area (Å²) in [6.45, 7) is 0.945. The van der Waals surface area contributed by atoms with Crippen molar-refractivity contribution >= 4 is 17.2 Å². The van der Waals surface area contributed by atoms with E-state index in [9.17, 15) is 4.79 Å². The fourth-order valence-electron chi connectivity index (χ4n) is 2.65. The minimum atomic E-state index is -0.270. The van der Waals surface area contributed by atoms with Crippen LogP contribution < -0.4 is 5.73 Å². The second kappa shape index (κ2) is 7.44. The molecule has 108 valence electrons. The number of aliphatic hydroxyl groups is 1. The second-order valence-corrected chi connectivity index (χ2v) is 6.07. The van der Waals surface area contributed by atoms with Gasteiger partial charge in [-0.25, -0.2) is 0 Å². The summed E-state index contributed by atoms with van der Waals surface area (Å²) in [7, 11) is 0. The highest BCUT2D eigenvalue weighted by Gasteiger charge is 2.24. The van der Waals surface area contributed by atoms with Gasteiger partial charge in [0.15, 0.2) is 0 Å². The van der Waals surface area contributed by atoms with Crippen LogP contribution in [0.1, 0.15) is 36.1 Å². The van der Waals surface area contributed by atoms with Crippen molar-refractivity contribution in [1.82, 2.24) is 4.90 Å². The minimum absolute atomic E-state index is 0.124. The van der Waals surface area contributed by atoms with Crippen LogP contribution in [0.5, 0.6) is 0 Å². The van der Waals surface area contributed by atoms with Crippen LogP contribution in [0.3, 0.4) is 0 Å². The molecule has 0 bridgehead atoms. The Morgan fingerprint density at radius 2 is 2.25 bits per heavy atom. The van der Waals surface area contributed by atoms with E-state index in [-0.39, 0.29) is 12.5 Å². The molecule has 0 saturated heterocycles. The average Bonchev–Trinajstić information content (AvgIpc) is 3.06. The van der Waals surface area contributed by atoms with E-state index in [1.54, 1.807) is 11.3 Å². The number of nitrogens with two attached hydrogens (primary N) is 1. The van der Waals surface area contributed by atoms with Crippen LogP contribution in [-0.4, -0.2) is 35.1 Å². The first kappa shape index (κ1) is 15.0. The van der Waals surface area contributed by atoms with E-state index >= 15 is 0 Å². The number of nitrogens with zero attached hydrogens (tertiary/aromatic N) is 1. The van der Waals surface area contributed by atoms with E-state index in [2.05, 4.69) is 16.7 Å². The predicted octanol–water partition coefficient (Wildman–Crippen LogP) is 1.32. The van der Waals surface area contributed by atoms with E-state index in [4.69, 9.17) is 10.8 Å². The number of thiophene rings is 1. The molecule has 1 aromatic heterocycles. The third-order valence-electron chi connectivity index (χ3n) is 3.52. The van der Waals surface area contributed by atoms with Gasteiger partial charge in [0.25, 0.3) is 0 Å². The van der Waals surface area contributed by atoms with Crippen LogP contribution >= 0.6 is 11.3 Å². The molecule has 0 unspecified atom stereocenters.